The molecule has 1 atom stereocenters. The van der Waals surface area contributed by atoms with Crippen LogP contribution in [0.1, 0.15) is 17.5 Å². The van der Waals surface area contributed by atoms with E-state index in [1.54, 1.807) is 11.1 Å². The molecule has 3 heterocycles. The molecular weight excluding hydrogens is 354 g/mol. The molecule has 2 aliphatic rings. The van der Waals surface area contributed by atoms with Gasteiger partial charge in [0.25, 0.3) is 0 Å². The van der Waals surface area contributed by atoms with Gasteiger partial charge >= 0.3 is 0 Å². The third-order valence-corrected chi connectivity index (χ3v) is 5.95. The van der Waals surface area contributed by atoms with Gasteiger partial charge in [-0.15, -0.1) is 0 Å². The lowest BCUT2D eigenvalue weighted by atomic mass is 10.1. The quantitative estimate of drug-likeness (QED) is 0.813. The summed E-state index contributed by atoms with van der Waals surface area (Å²) < 4.78 is 1.99. The van der Waals surface area contributed by atoms with Crippen molar-refractivity contribution in [1.29, 1.82) is 0 Å². The highest BCUT2D eigenvalue weighted by Gasteiger charge is 2.38. The van der Waals surface area contributed by atoms with Crippen molar-refractivity contribution in [2.75, 3.05) is 42.5 Å². The van der Waals surface area contributed by atoms with E-state index < -0.39 is 0 Å². The number of carbonyl (C=O) groups is 2. The number of imidazole rings is 1. The molecule has 148 valence electrons. The van der Waals surface area contributed by atoms with Crippen LogP contribution in [0.4, 0.5) is 11.6 Å². The molecule has 1 unspecified atom stereocenters. The van der Waals surface area contributed by atoms with Gasteiger partial charge in [-0.05, 0) is 37.1 Å². The van der Waals surface area contributed by atoms with Gasteiger partial charge in [0.1, 0.15) is 0 Å². The van der Waals surface area contributed by atoms with Gasteiger partial charge in [-0.1, -0.05) is 6.07 Å². The van der Waals surface area contributed by atoms with Crippen molar-refractivity contribution in [2.45, 2.75) is 20.3 Å². The predicted octanol–water partition coefficient (Wildman–Crippen LogP) is 1.74. The lowest BCUT2D eigenvalue weighted by molar-refractivity contribution is -0.136. The van der Waals surface area contributed by atoms with Crippen LogP contribution >= 0.6 is 0 Å². The molecule has 1 aromatic heterocycles. The molecule has 2 saturated heterocycles. The van der Waals surface area contributed by atoms with Crippen LogP contribution in [0, 0.1) is 19.8 Å². The highest BCUT2D eigenvalue weighted by atomic mass is 16.2. The Balaban J connectivity index is 1.39. The summed E-state index contributed by atoms with van der Waals surface area (Å²) in [6.45, 7) is 7.43. The molecule has 28 heavy (non-hydrogen) atoms. The molecule has 0 spiro atoms. The van der Waals surface area contributed by atoms with Gasteiger partial charge in [-0.2, -0.15) is 0 Å². The maximum atomic E-state index is 13.0. The van der Waals surface area contributed by atoms with Crippen molar-refractivity contribution in [1.82, 2.24) is 14.5 Å². The van der Waals surface area contributed by atoms with Gasteiger partial charge in [0.2, 0.25) is 17.8 Å². The molecule has 2 aliphatic heterocycles. The van der Waals surface area contributed by atoms with Gasteiger partial charge in [0, 0.05) is 64.3 Å². The van der Waals surface area contributed by atoms with Crippen molar-refractivity contribution < 1.29 is 9.59 Å². The minimum absolute atomic E-state index is 0.0354. The molecule has 0 saturated carbocycles. The Morgan fingerprint density at radius 2 is 1.86 bits per heavy atom. The first-order valence-electron chi connectivity index (χ1n) is 9.82. The van der Waals surface area contributed by atoms with E-state index >= 15 is 0 Å². The summed E-state index contributed by atoms with van der Waals surface area (Å²) in [7, 11) is 1.98. The molecule has 0 radical (unpaired) electrons. The van der Waals surface area contributed by atoms with Crippen LogP contribution in [0.5, 0.6) is 0 Å². The molecule has 7 nitrogen and oxygen atoms in total. The topological polar surface area (TPSA) is 61.7 Å². The molecule has 2 fully saturated rings. The highest BCUT2D eigenvalue weighted by molar-refractivity contribution is 6.00. The summed E-state index contributed by atoms with van der Waals surface area (Å²) in [4.78, 5) is 35.8. The zero-order valence-electron chi connectivity index (χ0n) is 16.8. The van der Waals surface area contributed by atoms with Crippen LogP contribution in [0.25, 0.3) is 0 Å². The maximum absolute atomic E-state index is 13.0. The zero-order chi connectivity index (χ0) is 19.8. The Kier molecular flexibility index (Phi) is 4.83. The number of hydrogen-bond acceptors (Lipinski definition) is 4. The van der Waals surface area contributed by atoms with Crippen molar-refractivity contribution >= 4 is 23.5 Å². The first-order valence-corrected chi connectivity index (χ1v) is 9.82. The number of anilines is 2. The van der Waals surface area contributed by atoms with Gasteiger partial charge in [-0.25, -0.2) is 4.98 Å². The van der Waals surface area contributed by atoms with E-state index in [-0.39, 0.29) is 17.7 Å². The Labute approximate surface area is 165 Å². The van der Waals surface area contributed by atoms with Gasteiger partial charge in [-0.3, -0.25) is 9.59 Å². The van der Waals surface area contributed by atoms with Crippen LogP contribution in [-0.2, 0) is 16.6 Å². The van der Waals surface area contributed by atoms with Crippen molar-refractivity contribution in [2.24, 2.45) is 13.0 Å². The SMILES string of the molecule is Cc1ccc(N2CC(C(=O)N3CCN(c4nccn4C)CC3)CC2=O)cc1C. The smallest absolute Gasteiger partial charge is 0.228 e. The lowest BCUT2D eigenvalue weighted by Gasteiger charge is -2.36. The molecule has 1 aromatic carbocycles. The average molecular weight is 381 g/mol. The normalized spacial score (nSPS) is 20.2. The van der Waals surface area contributed by atoms with E-state index in [9.17, 15) is 9.59 Å². The van der Waals surface area contributed by atoms with Crippen molar-refractivity contribution in [3.05, 3.63) is 41.7 Å². The zero-order valence-corrected chi connectivity index (χ0v) is 16.8. The van der Waals surface area contributed by atoms with E-state index in [4.69, 9.17) is 0 Å². The fourth-order valence-electron chi connectivity index (χ4n) is 4.06. The highest BCUT2D eigenvalue weighted by Crippen LogP contribution is 2.28. The summed E-state index contributed by atoms with van der Waals surface area (Å²) in [5.41, 5.74) is 3.25. The monoisotopic (exact) mass is 381 g/mol. The van der Waals surface area contributed by atoms with Gasteiger partial charge in [0.05, 0.1) is 5.92 Å². The summed E-state index contributed by atoms with van der Waals surface area (Å²) in [6.07, 6.45) is 4.02. The summed E-state index contributed by atoms with van der Waals surface area (Å²) in [5.74, 6) is 0.810. The number of hydrogen-bond donors (Lipinski definition) is 0. The van der Waals surface area contributed by atoms with Gasteiger partial charge in [0.15, 0.2) is 0 Å². The minimum Gasteiger partial charge on any atom is -0.339 e. The summed E-state index contributed by atoms with van der Waals surface area (Å²) in [6, 6.07) is 6.04. The number of carbonyl (C=O) groups excluding carboxylic acids is 2. The van der Waals surface area contributed by atoms with Gasteiger partial charge < -0.3 is 19.3 Å². The van der Waals surface area contributed by atoms with Crippen LogP contribution in [0.2, 0.25) is 0 Å². The summed E-state index contributed by atoms with van der Waals surface area (Å²) >= 11 is 0. The van der Waals surface area contributed by atoms with Crippen molar-refractivity contribution in [3.63, 3.8) is 0 Å². The van der Waals surface area contributed by atoms with Crippen LogP contribution in [0.3, 0.4) is 0 Å². The average Bonchev–Trinajstić information content (AvgIpc) is 3.29. The second kappa shape index (κ2) is 7.30. The number of piperazine rings is 1. The third kappa shape index (κ3) is 3.37. The molecule has 0 bridgehead atoms. The standard InChI is InChI=1S/C21H27N5O2/c1-15-4-5-18(12-16(15)2)26-14-17(13-19(26)27)20(28)24-8-10-25(11-9-24)21-22-6-7-23(21)3/h4-7,12,17H,8-11,13-14H2,1-3H3. The molecular formula is C21H27N5O2. The molecule has 2 aromatic rings. The molecule has 4 rings (SSSR count). The number of rotatable bonds is 3. The fraction of sp³-hybridized carbons (Fsp3) is 0.476. The van der Waals surface area contributed by atoms with Crippen LogP contribution < -0.4 is 9.80 Å². The maximum Gasteiger partial charge on any atom is 0.228 e. The Bertz CT molecular complexity index is 898. The molecule has 0 aliphatic carbocycles. The Hall–Kier alpha value is -2.83. The Morgan fingerprint density at radius 1 is 1.11 bits per heavy atom. The fourth-order valence-corrected chi connectivity index (χ4v) is 4.06. The Morgan fingerprint density at radius 3 is 2.50 bits per heavy atom. The number of aryl methyl sites for hydroxylation is 3. The predicted molar refractivity (Wildman–Crippen MR) is 108 cm³/mol. The first-order chi connectivity index (χ1) is 13.4. The number of amides is 2. The minimum atomic E-state index is -0.256. The van der Waals surface area contributed by atoms with E-state index in [1.165, 1.54) is 5.56 Å². The van der Waals surface area contributed by atoms with E-state index in [0.29, 0.717) is 26.1 Å². The first kappa shape index (κ1) is 18.5. The molecule has 2 amide bonds. The van der Waals surface area contributed by atoms with E-state index in [2.05, 4.69) is 16.8 Å². The van der Waals surface area contributed by atoms with Crippen LogP contribution in [0.15, 0.2) is 30.6 Å². The number of nitrogens with zero attached hydrogens (tertiary/aromatic N) is 5. The number of aromatic nitrogens is 2. The lowest BCUT2D eigenvalue weighted by Crippen LogP contribution is -2.51. The second-order valence-electron chi connectivity index (χ2n) is 7.82. The second-order valence-corrected chi connectivity index (χ2v) is 7.82. The summed E-state index contributed by atoms with van der Waals surface area (Å²) in [5, 5.41) is 0. The number of benzene rings is 1. The van der Waals surface area contributed by atoms with Crippen LogP contribution in [-0.4, -0.2) is 59.0 Å². The third-order valence-electron chi connectivity index (χ3n) is 5.95. The largest absolute Gasteiger partial charge is 0.339 e. The molecule has 7 heteroatoms. The molecule has 0 N–H and O–H groups in total. The van der Waals surface area contributed by atoms with E-state index in [0.717, 1.165) is 30.3 Å². The van der Waals surface area contributed by atoms with E-state index in [1.807, 2.05) is 47.8 Å². The van der Waals surface area contributed by atoms with Crippen molar-refractivity contribution in [3.8, 4) is 0 Å².